The molecule has 13 heteroatoms. The molecule has 12 nitrogen and oxygen atoms in total. The molecule has 3 saturated heterocycles. The average molecular weight is 478 g/mol. The predicted molar refractivity (Wildman–Crippen MR) is 119 cm³/mol. The van der Waals surface area contributed by atoms with Crippen LogP contribution in [0.1, 0.15) is 38.3 Å². The van der Waals surface area contributed by atoms with Gasteiger partial charge in [0.1, 0.15) is 24.6 Å². The highest BCUT2D eigenvalue weighted by molar-refractivity contribution is 8.00. The van der Waals surface area contributed by atoms with Gasteiger partial charge in [-0.1, -0.05) is 6.42 Å². The lowest BCUT2D eigenvalue weighted by molar-refractivity contribution is -0.148. The van der Waals surface area contributed by atoms with E-state index in [2.05, 4.69) is 25.6 Å². The van der Waals surface area contributed by atoms with Crippen LogP contribution in [-0.4, -0.2) is 78.5 Å². The molecule has 0 spiro atoms. The van der Waals surface area contributed by atoms with Gasteiger partial charge in [-0.05, 0) is 12.8 Å². The highest BCUT2D eigenvalue weighted by Crippen LogP contribution is 2.34. The molecule has 5 N–H and O–H groups in total. The second-order valence-corrected chi connectivity index (χ2v) is 9.86. The van der Waals surface area contributed by atoms with Gasteiger partial charge >= 0.3 is 12.0 Å². The number of amides is 2. The lowest BCUT2D eigenvalue weighted by Gasteiger charge is -2.17. The third kappa shape index (κ3) is 4.57. The number of aliphatic hydroxyl groups is 1. The first-order valence-electron chi connectivity index (χ1n) is 11.1. The molecule has 0 bridgehead atoms. The molecule has 2 aromatic heterocycles. The summed E-state index contributed by atoms with van der Waals surface area (Å²) < 4.78 is 12.9. The predicted octanol–water partition coefficient (Wildman–Crippen LogP) is 0.326. The van der Waals surface area contributed by atoms with Crippen LogP contribution in [0.25, 0.3) is 11.2 Å². The summed E-state index contributed by atoms with van der Waals surface area (Å²) >= 11 is 1.87. The van der Waals surface area contributed by atoms with E-state index in [0.29, 0.717) is 29.3 Å². The summed E-state index contributed by atoms with van der Waals surface area (Å²) in [6.45, 7) is 0.0794. The topological polar surface area (TPSA) is 167 Å². The van der Waals surface area contributed by atoms with E-state index in [1.807, 2.05) is 11.8 Å². The number of esters is 1. The zero-order chi connectivity index (χ0) is 22.9. The second kappa shape index (κ2) is 9.31. The molecule has 0 aliphatic carbocycles. The van der Waals surface area contributed by atoms with Crippen molar-refractivity contribution in [3.63, 3.8) is 0 Å². The molecule has 5 rings (SSSR count). The molecule has 2 aromatic rings. The summed E-state index contributed by atoms with van der Waals surface area (Å²) in [6.07, 6.45) is 4.18. The van der Waals surface area contributed by atoms with Crippen molar-refractivity contribution in [3.05, 3.63) is 12.7 Å². The minimum Gasteiger partial charge on any atom is -0.463 e. The third-order valence-corrected chi connectivity index (χ3v) is 7.82. The van der Waals surface area contributed by atoms with Crippen LogP contribution in [0.3, 0.4) is 0 Å². The van der Waals surface area contributed by atoms with Gasteiger partial charge in [-0.3, -0.25) is 9.36 Å². The van der Waals surface area contributed by atoms with Crippen molar-refractivity contribution in [2.24, 2.45) is 0 Å². The van der Waals surface area contributed by atoms with Crippen LogP contribution < -0.4 is 16.4 Å². The van der Waals surface area contributed by atoms with Crippen molar-refractivity contribution in [1.82, 2.24) is 30.2 Å². The molecular formula is C20H27N7O5S. The van der Waals surface area contributed by atoms with E-state index in [9.17, 15) is 14.7 Å². The number of nitrogens with zero attached hydrogens (tertiary/aromatic N) is 4. The van der Waals surface area contributed by atoms with E-state index in [0.717, 1.165) is 25.0 Å². The minimum atomic E-state index is -0.791. The molecule has 5 heterocycles. The van der Waals surface area contributed by atoms with E-state index in [1.54, 1.807) is 4.57 Å². The molecule has 2 amide bonds. The van der Waals surface area contributed by atoms with Crippen molar-refractivity contribution < 1.29 is 24.2 Å². The number of urea groups is 1. The number of hydrogen-bond donors (Lipinski definition) is 4. The van der Waals surface area contributed by atoms with Crippen LogP contribution in [0.2, 0.25) is 0 Å². The Morgan fingerprint density at radius 2 is 2.21 bits per heavy atom. The maximum absolute atomic E-state index is 12.2. The standard InChI is InChI=1S/C20H27N7O5S/c21-17-16-18(23-8-22-17)27(9-24-16)19-12(28)5-10(32-19)6-31-14(29)4-2-1-3-13-15-11(7-33-13)25-20(30)26-15/h8-13,15,19,28H,1-7H2,(H2,21,22,23)(H2,25,26,30)/t10-,11-,12+,13-,15-,19+/m0/s1. The van der Waals surface area contributed by atoms with E-state index >= 15 is 0 Å². The fourth-order valence-corrected chi connectivity index (χ4v) is 6.20. The number of imidazole rings is 1. The summed E-state index contributed by atoms with van der Waals surface area (Å²) in [4.78, 5) is 35.9. The zero-order valence-corrected chi connectivity index (χ0v) is 18.7. The zero-order valence-electron chi connectivity index (χ0n) is 17.9. The number of thioether (sulfide) groups is 1. The number of rotatable bonds is 8. The average Bonchev–Trinajstić information content (AvgIpc) is 3.54. The van der Waals surface area contributed by atoms with Gasteiger partial charge in [-0.15, -0.1) is 0 Å². The Morgan fingerprint density at radius 1 is 1.33 bits per heavy atom. The highest BCUT2D eigenvalue weighted by atomic mass is 32.2. The normalized spacial score (nSPS) is 30.9. The largest absolute Gasteiger partial charge is 0.463 e. The Hall–Kier alpha value is -2.64. The maximum Gasteiger partial charge on any atom is 0.315 e. The monoisotopic (exact) mass is 477 g/mol. The first-order valence-corrected chi connectivity index (χ1v) is 12.2. The Morgan fingerprint density at radius 3 is 3.09 bits per heavy atom. The molecule has 3 aliphatic rings. The SMILES string of the molecule is Nc1ncnc2c1ncn2[C@@H]1O[C@H](COC(=O)CCCC[C@@H]2SC[C@@H]3NC(=O)N[C@@H]32)C[C@H]1O. The van der Waals surface area contributed by atoms with Crippen molar-refractivity contribution in [2.75, 3.05) is 18.1 Å². The van der Waals surface area contributed by atoms with Crippen LogP contribution in [0.4, 0.5) is 10.6 Å². The number of aliphatic hydroxyl groups excluding tert-OH is 1. The van der Waals surface area contributed by atoms with Crippen molar-refractivity contribution in [3.8, 4) is 0 Å². The number of carbonyl (C=O) groups excluding carboxylic acids is 2. The van der Waals surface area contributed by atoms with Crippen molar-refractivity contribution >= 4 is 40.7 Å². The number of nitrogens with two attached hydrogens (primary N) is 1. The molecule has 3 fully saturated rings. The van der Waals surface area contributed by atoms with Crippen LogP contribution in [0.5, 0.6) is 0 Å². The van der Waals surface area contributed by atoms with E-state index in [-0.39, 0.29) is 36.5 Å². The molecule has 0 saturated carbocycles. The van der Waals surface area contributed by atoms with E-state index < -0.39 is 18.4 Å². The van der Waals surface area contributed by atoms with Crippen molar-refractivity contribution in [2.45, 2.75) is 67.9 Å². The van der Waals surface area contributed by atoms with E-state index in [4.69, 9.17) is 15.2 Å². The van der Waals surface area contributed by atoms with Gasteiger partial charge in [0.25, 0.3) is 0 Å². The van der Waals surface area contributed by atoms with Gasteiger partial charge in [-0.25, -0.2) is 19.7 Å². The fraction of sp³-hybridized carbons (Fsp3) is 0.650. The van der Waals surface area contributed by atoms with Crippen molar-refractivity contribution in [1.29, 1.82) is 0 Å². The minimum absolute atomic E-state index is 0.0794. The lowest BCUT2D eigenvalue weighted by Crippen LogP contribution is -2.36. The van der Waals surface area contributed by atoms with Crippen LogP contribution in [0, 0.1) is 0 Å². The summed E-state index contributed by atoms with van der Waals surface area (Å²) in [7, 11) is 0. The number of carbonyl (C=O) groups is 2. The van der Waals surface area contributed by atoms with Gasteiger partial charge in [-0.2, -0.15) is 11.8 Å². The van der Waals surface area contributed by atoms with Crippen LogP contribution in [0.15, 0.2) is 12.7 Å². The number of nitrogen functional groups attached to an aromatic ring is 1. The smallest absolute Gasteiger partial charge is 0.315 e. The molecule has 3 aliphatic heterocycles. The number of nitrogens with one attached hydrogen (secondary N) is 2. The Balaban J connectivity index is 1.04. The number of anilines is 1. The number of ether oxygens (including phenoxy) is 2. The Kier molecular flexibility index (Phi) is 6.25. The van der Waals surface area contributed by atoms with Gasteiger partial charge in [0.15, 0.2) is 17.7 Å². The van der Waals surface area contributed by atoms with Gasteiger partial charge in [0.05, 0.1) is 24.5 Å². The molecule has 0 radical (unpaired) electrons. The van der Waals surface area contributed by atoms with Gasteiger partial charge in [0, 0.05) is 23.8 Å². The summed E-state index contributed by atoms with van der Waals surface area (Å²) in [6, 6.07) is 0.316. The first kappa shape index (κ1) is 22.2. The summed E-state index contributed by atoms with van der Waals surface area (Å²) in [5.41, 5.74) is 6.74. The molecule has 33 heavy (non-hydrogen) atoms. The second-order valence-electron chi connectivity index (χ2n) is 8.59. The molecular weight excluding hydrogens is 450 g/mol. The first-order chi connectivity index (χ1) is 16.0. The van der Waals surface area contributed by atoms with Gasteiger partial charge in [0.2, 0.25) is 0 Å². The number of hydrogen-bond acceptors (Lipinski definition) is 10. The molecule has 0 aromatic carbocycles. The van der Waals surface area contributed by atoms with Crippen LogP contribution in [-0.2, 0) is 14.3 Å². The quantitative estimate of drug-likeness (QED) is 0.236. The fourth-order valence-electron chi connectivity index (χ4n) is 4.66. The lowest BCUT2D eigenvalue weighted by atomic mass is 10.0. The number of aromatic nitrogens is 4. The number of fused-ring (bicyclic) bond motifs is 2. The van der Waals surface area contributed by atoms with E-state index in [1.165, 1.54) is 12.7 Å². The maximum atomic E-state index is 12.2. The van der Waals surface area contributed by atoms with Crippen LogP contribution >= 0.6 is 11.8 Å². The molecule has 178 valence electrons. The highest BCUT2D eigenvalue weighted by Gasteiger charge is 2.42. The Labute approximate surface area is 194 Å². The Bertz CT molecular complexity index is 1040. The summed E-state index contributed by atoms with van der Waals surface area (Å²) in [5.74, 6) is 0.908. The summed E-state index contributed by atoms with van der Waals surface area (Å²) in [5, 5.41) is 16.8. The van der Waals surface area contributed by atoms with Gasteiger partial charge < -0.3 is 30.9 Å². The number of unbranched alkanes of at least 4 members (excludes halogenated alkanes) is 1. The molecule has 0 unspecified atom stereocenters. The third-order valence-electron chi connectivity index (χ3n) is 6.31. The molecule has 6 atom stereocenters.